The Hall–Kier alpha value is -5.55. The maximum Gasteiger partial charge on any atom is 0.190 e. The van der Waals surface area contributed by atoms with E-state index in [0.717, 1.165) is 11.1 Å². The maximum absolute atomic E-state index is 15.0. The number of aliphatic hydroxyl groups is 1. The smallest absolute Gasteiger partial charge is 0.190 e. The minimum Gasteiger partial charge on any atom is -0.497 e. The van der Waals surface area contributed by atoms with Gasteiger partial charge in [-0.1, -0.05) is 18.7 Å². The Morgan fingerprint density at radius 1 is 0.660 bits per heavy atom. The first-order valence-electron chi connectivity index (χ1n) is 15.8. The van der Waals surface area contributed by atoms with E-state index in [9.17, 15) is 5.11 Å². The van der Waals surface area contributed by atoms with Gasteiger partial charge in [0.05, 0.1) is 67.9 Å². The van der Waals surface area contributed by atoms with Crippen molar-refractivity contribution in [3.05, 3.63) is 100 Å². The van der Waals surface area contributed by atoms with Crippen LogP contribution in [0.1, 0.15) is 51.5 Å². The molecule has 0 spiro atoms. The van der Waals surface area contributed by atoms with Crippen molar-refractivity contribution in [2.75, 3.05) is 49.8 Å². The van der Waals surface area contributed by atoms with Crippen LogP contribution >= 0.6 is 0 Å². The molecule has 11 heteroatoms. The summed E-state index contributed by atoms with van der Waals surface area (Å²) < 4.78 is 52.8. The number of rotatable bonds is 11. The second-order valence-electron chi connectivity index (χ2n) is 11.8. The van der Waals surface area contributed by atoms with Crippen molar-refractivity contribution in [3.8, 4) is 51.7 Å². The van der Waals surface area contributed by atoms with Crippen LogP contribution in [0.4, 0.5) is 0 Å². The molecule has 0 saturated carbocycles. The molecule has 4 aromatic rings. The minimum atomic E-state index is -1.09. The molecular formula is C39H40O11. The van der Waals surface area contributed by atoms with Gasteiger partial charge >= 0.3 is 0 Å². The first kappa shape index (κ1) is 34.3. The van der Waals surface area contributed by atoms with Crippen LogP contribution < -0.4 is 42.6 Å². The lowest BCUT2D eigenvalue weighted by Crippen LogP contribution is -2.33. The maximum atomic E-state index is 15.0. The summed E-state index contributed by atoms with van der Waals surface area (Å²) in [5.41, 5.74) is 4.16. The molecule has 6 rings (SSSR count). The highest BCUT2D eigenvalue weighted by Crippen LogP contribution is 2.56. The summed E-state index contributed by atoms with van der Waals surface area (Å²) >= 11 is 0. The van der Waals surface area contributed by atoms with Crippen LogP contribution in [-0.4, -0.2) is 60.7 Å². The highest BCUT2D eigenvalue weighted by Gasteiger charge is 2.45. The molecule has 0 fully saturated rings. The Morgan fingerprint density at radius 2 is 1.24 bits per heavy atom. The van der Waals surface area contributed by atoms with Crippen LogP contribution in [0.2, 0.25) is 0 Å². The summed E-state index contributed by atoms with van der Waals surface area (Å²) in [4.78, 5) is 15.0. The van der Waals surface area contributed by atoms with E-state index < -0.39 is 18.1 Å². The fraction of sp³-hybridized carbons (Fsp3) is 0.308. The summed E-state index contributed by atoms with van der Waals surface area (Å²) in [6, 6.07) is 15.9. The van der Waals surface area contributed by atoms with Gasteiger partial charge in [-0.3, -0.25) is 4.79 Å². The number of carbonyl (C=O) groups excluding carboxylic acids is 1. The summed E-state index contributed by atoms with van der Waals surface area (Å²) in [7, 11) is 10.8. The number of ketones is 1. The first-order chi connectivity index (χ1) is 24.2. The molecule has 50 heavy (non-hydrogen) atoms. The summed E-state index contributed by atoms with van der Waals surface area (Å²) in [5, 5.41) is 10.7. The SMILES string of the molecule is C=C1Cc2c(OC)cc(OC)c([C@H]3C(=O)[C@@H](c4ccc(OC)c(OC)c4)Oc4cc(OC)cc(CO)c43)c2O[C@@H]1c1ccc(OC)c(OC)c1. The van der Waals surface area contributed by atoms with Crippen molar-refractivity contribution in [2.45, 2.75) is 31.2 Å². The van der Waals surface area contributed by atoms with Crippen LogP contribution in [0, 0.1) is 0 Å². The molecule has 0 aromatic heterocycles. The van der Waals surface area contributed by atoms with E-state index in [0.29, 0.717) is 86.0 Å². The molecule has 0 saturated heterocycles. The molecule has 2 heterocycles. The van der Waals surface area contributed by atoms with Gasteiger partial charge in [-0.25, -0.2) is 0 Å². The second kappa shape index (κ2) is 14.1. The van der Waals surface area contributed by atoms with Gasteiger partial charge < -0.3 is 47.7 Å². The van der Waals surface area contributed by atoms with Gasteiger partial charge in [-0.15, -0.1) is 0 Å². The number of fused-ring (bicyclic) bond motifs is 2. The minimum absolute atomic E-state index is 0.314. The van der Waals surface area contributed by atoms with Gasteiger partial charge in [0.15, 0.2) is 34.9 Å². The van der Waals surface area contributed by atoms with Gasteiger partial charge in [0.2, 0.25) is 0 Å². The average molecular weight is 685 g/mol. The highest BCUT2D eigenvalue weighted by molar-refractivity contribution is 5.98. The van der Waals surface area contributed by atoms with Crippen LogP contribution in [0.25, 0.3) is 0 Å². The van der Waals surface area contributed by atoms with E-state index in [4.69, 9.17) is 42.6 Å². The van der Waals surface area contributed by atoms with Gasteiger partial charge in [-0.2, -0.15) is 0 Å². The van der Waals surface area contributed by atoms with E-state index in [-0.39, 0.29) is 12.4 Å². The third kappa shape index (κ3) is 5.77. The molecule has 2 aliphatic heterocycles. The number of benzene rings is 4. The molecule has 0 unspecified atom stereocenters. The molecule has 4 aromatic carbocycles. The lowest BCUT2D eigenvalue weighted by atomic mass is 9.77. The quantitative estimate of drug-likeness (QED) is 0.179. The number of hydrogen-bond acceptors (Lipinski definition) is 11. The van der Waals surface area contributed by atoms with E-state index in [1.165, 1.54) is 28.4 Å². The average Bonchev–Trinajstić information content (AvgIpc) is 3.15. The third-order valence-corrected chi connectivity index (χ3v) is 9.19. The van der Waals surface area contributed by atoms with Gasteiger partial charge in [0.25, 0.3) is 0 Å². The van der Waals surface area contributed by atoms with Crippen molar-refractivity contribution in [2.24, 2.45) is 0 Å². The van der Waals surface area contributed by atoms with Crippen LogP contribution in [-0.2, 0) is 17.8 Å². The molecule has 11 nitrogen and oxygen atoms in total. The molecule has 0 radical (unpaired) electrons. The van der Waals surface area contributed by atoms with Crippen LogP contribution in [0.5, 0.6) is 51.7 Å². The zero-order chi connectivity index (χ0) is 35.7. The Morgan fingerprint density at radius 3 is 1.78 bits per heavy atom. The van der Waals surface area contributed by atoms with Gasteiger partial charge in [0, 0.05) is 40.8 Å². The van der Waals surface area contributed by atoms with E-state index in [2.05, 4.69) is 6.58 Å². The van der Waals surface area contributed by atoms with Crippen molar-refractivity contribution in [1.82, 2.24) is 0 Å². The lowest BCUT2D eigenvalue weighted by molar-refractivity contribution is -0.128. The topological polar surface area (TPSA) is 120 Å². The number of hydrogen-bond donors (Lipinski definition) is 1. The molecule has 0 amide bonds. The highest BCUT2D eigenvalue weighted by atomic mass is 16.5. The monoisotopic (exact) mass is 684 g/mol. The summed E-state index contributed by atoms with van der Waals surface area (Å²) in [6.07, 6.45) is -1.33. The fourth-order valence-corrected chi connectivity index (χ4v) is 6.78. The van der Waals surface area contributed by atoms with Crippen molar-refractivity contribution in [3.63, 3.8) is 0 Å². The second-order valence-corrected chi connectivity index (χ2v) is 11.8. The van der Waals surface area contributed by atoms with Gasteiger partial charge in [0.1, 0.15) is 34.9 Å². The molecular weight excluding hydrogens is 644 g/mol. The molecule has 3 atom stereocenters. The Balaban J connectivity index is 1.60. The molecule has 0 bridgehead atoms. The summed E-state index contributed by atoms with van der Waals surface area (Å²) in [5.74, 6) is 2.80. The first-order valence-corrected chi connectivity index (χ1v) is 15.8. The van der Waals surface area contributed by atoms with Gasteiger partial charge in [-0.05, 0) is 41.5 Å². The lowest BCUT2D eigenvalue weighted by Gasteiger charge is -2.37. The summed E-state index contributed by atoms with van der Waals surface area (Å²) in [6.45, 7) is 3.98. The van der Waals surface area contributed by atoms with Crippen molar-refractivity contribution in [1.29, 1.82) is 0 Å². The van der Waals surface area contributed by atoms with E-state index >= 15 is 4.79 Å². The van der Waals surface area contributed by atoms with E-state index in [1.807, 2.05) is 12.1 Å². The number of aliphatic hydroxyl groups excluding tert-OH is 1. The number of carbonyl (C=O) groups is 1. The van der Waals surface area contributed by atoms with Crippen LogP contribution in [0.3, 0.4) is 0 Å². The zero-order valence-electron chi connectivity index (χ0n) is 29.1. The Bertz CT molecular complexity index is 1950. The molecule has 2 aliphatic rings. The van der Waals surface area contributed by atoms with Crippen LogP contribution in [0.15, 0.2) is 66.7 Å². The number of methoxy groups -OCH3 is 7. The van der Waals surface area contributed by atoms with Crippen molar-refractivity contribution >= 4 is 5.78 Å². The Labute approximate surface area is 290 Å². The normalized spacial score (nSPS) is 17.8. The Kier molecular flexibility index (Phi) is 9.70. The zero-order valence-corrected chi connectivity index (χ0v) is 29.1. The number of Topliss-reactive ketones (excluding diaryl/α,β-unsaturated/α-hetero) is 1. The standard InChI is InChI=1S/C39H40O11/c1-20-13-25-28(45-5)18-31(48-8)34(39(25)50-37(20)21-9-11-26(43-3)29(15-21)46-6)35-33-23(19-40)14-24(42-2)17-32(33)49-38(36(35)41)22-10-12-27(44-4)30(16-22)47-7/h9-12,14-18,35,37-38,40H,1,13,19H2,2-8H3/t35-,37-,38+/m0/s1. The predicted molar refractivity (Wildman–Crippen MR) is 184 cm³/mol. The van der Waals surface area contributed by atoms with Crippen molar-refractivity contribution < 1.29 is 52.5 Å². The third-order valence-electron chi connectivity index (χ3n) is 9.19. The molecule has 0 aliphatic carbocycles. The fourth-order valence-electron chi connectivity index (χ4n) is 6.78. The molecule has 1 N–H and O–H groups in total. The predicted octanol–water partition coefficient (Wildman–Crippen LogP) is 6.31. The number of ether oxygens (including phenoxy) is 9. The molecule has 262 valence electrons. The van der Waals surface area contributed by atoms with E-state index in [1.54, 1.807) is 63.8 Å². The largest absolute Gasteiger partial charge is 0.497 e.